The molecule has 3 rings (SSSR count). The Labute approximate surface area is 97.2 Å². The minimum absolute atomic E-state index is 0.871. The number of piperidine rings is 1. The zero-order valence-corrected chi connectivity index (χ0v) is 9.86. The Balaban J connectivity index is 1.61. The van der Waals surface area contributed by atoms with Crippen molar-refractivity contribution in [2.75, 3.05) is 13.1 Å². The van der Waals surface area contributed by atoms with Crippen LogP contribution in [0, 0.1) is 11.8 Å². The highest BCUT2D eigenvalue weighted by molar-refractivity contribution is 5.03. The summed E-state index contributed by atoms with van der Waals surface area (Å²) in [6.45, 7) is 3.55. The first kappa shape index (κ1) is 10.3. The van der Waals surface area contributed by atoms with Gasteiger partial charge in [0.1, 0.15) is 0 Å². The number of aromatic nitrogens is 2. The Hall–Kier alpha value is -0.830. The highest BCUT2D eigenvalue weighted by Crippen LogP contribution is 2.31. The molecule has 0 spiro atoms. The lowest BCUT2D eigenvalue weighted by Crippen LogP contribution is -2.29. The number of hydrogen-bond donors (Lipinski definition) is 1. The van der Waals surface area contributed by atoms with Gasteiger partial charge in [0.25, 0.3) is 0 Å². The minimum atomic E-state index is 0.871. The van der Waals surface area contributed by atoms with Crippen molar-refractivity contribution in [3.05, 3.63) is 18.0 Å². The van der Waals surface area contributed by atoms with Gasteiger partial charge >= 0.3 is 0 Å². The van der Waals surface area contributed by atoms with E-state index < -0.39 is 0 Å². The van der Waals surface area contributed by atoms with Gasteiger partial charge < -0.3 is 5.32 Å². The Morgan fingerprint density at radius 2 is 2.00 bits per heavy atom. The van der Waals surface area contributed by atoms with Gasteiger partial charge in [-0.2, -0.15) is 5.10 Å². The zero-order valence-electron chi connectivity index (χ0n) is 9.86. The minimum Gasteiger partial charge on any atom is -0.317 e. The molecule has 88 valence electrons. The van der Waals surface area contributed by atoms with Crippen LogP contribution in [-0.2, 0) is 13.0 Å². The lowest BCUT2D eigenvalue weighted by atomic mass is 9.93. The molecule has 1 saturated heterocycles. The van der Waals surface area contributed by atoms with Crippen molar-refractivity contribution in [1.82, 2.24) is 15.1 Å². The molecule has 0 amide bonds. The summed E-state index contributed by atoms with van der Waals surface area (Å²) >= 11 is 0. The molecular weight excluding hydrogens is 198 g/mol. The standard InChI is InChI=1S/C13H21N3/c1-2-12(1)10-16-13(5-8-15-16)9-11-3-6-14-7-4-11/h5,8,11-12,14H,1-4,6-7,9-10H2. The van der Waals surface area contributed by atoms with Gasteiger partial charge in [-0.05, 0) is 63.1 Å². The molecule has 0 atom stereocenters. The quantitative estimate of drug-likeness (QED) is 0.837. The molecule has 1 aliphatic heterocycles. The van der Waals surface area contributed by atoms with Crippen LogP contribution in [0.5, 0.6) is 0 Å². The van der Waals surface area contributed by atoms with Crippen LogP contribution in [0.1, 0.15) is 31.4 Å². The summed E-state index contributed by atoms with van der Waals surface area (Å²) in [4.78, 5) is 0. The maximum atomic E-state index is 4.46. The maximum absolute atomic E-state index is 4.46. The number of hydrogen-bond acceptors (Lipinski definition) is 2. The monoisotopic (exact) mass is 219 g/mol. The smallest absolute Gasteiger partial charge is 0.0492 e. The molecule has 0 unspecified atom stereocenters. The number of nitrogens with zero attached hydrogens (tertiary/aromatic N) is 2. The lowest BCUT2D eigenvalue weighted by molar-refractivity contribution is 0.362. The fourth-order valence-electron chi connectivity index (χ4n) is 2.62. The molecule has 1 aliphatic carbocycles. The van der Waals surface area contributed by atoms with Crippen molar-refractivity contribution in [2.45, 2.75) is 38.6 Å². The predicted molar refractivity (Wildman–Crippen MR) is 64.2 cm³/mol. The average molecular weight is 219 g/mol. The second kappa shape index (κ2) is 4.58. The Kier molecular flexibility index (Phi) is 2.96. The van der Waals surface area contributed by atoms with Gasteiger partial charge in [0.2, 0.25) is 0 Å². The van der Waals surface area contributed by atoms with E-state index in [2.05, 4.69) is 21.2 Å². The van der Waals surface area contributed by atoms with Crippen LogP contribution in [0.2, 0.25) is 0 Å². The third-order valence-corrected chi connectivity index (χ3v) is 3.89. The van der Waals surface area contributed by atoms with Crippen LogP contribution in [0.3, 0.4) is 0 Å². The highest BCUT2D eigenvalue weighted by atomic mass is 15.3. The second-order valence-electron chi connectivity index (χ2n) is 5.35. The molecular formula is C13H21N3. The lowest BCUT2D eigenvalue weighted by Gasteiger charge is -2.22. The molecule has 16 heavy (non-hydrogen) atoms. The first-order chi connectivity index (χ1) is 7.92. The van der Waals surface area contributed by atoms with Crippen LogP contribution in [0.25, 0.3) is 0 Å². The van der Waals surface area contributed by atoms with Gasteiger partial charge in [-0.1, -0.05) is 0 Å². The normalized spacial score (nSPS) is 22.5. The van der Waals surface area contributed by atoms with Crippen LogP contribution < -0.4 is 5.32 Å². The van der Waals surface area contributed by atoms with E-state index in [9.17, 15) is 0 Å². The van der Waals surface area contributed by atoms with Crippen molar-refractivity contribution < 1.29 is 0 Å². The summed E-state index contributed by atoms with van der Waals surface area (Å²) in [6, 6.07) is 2.21. The maximum Gasteiger partial charge on any atom is 0.0492 e. The molecule has 2 aliphatic rings. The summed E-state index contributed by atoms with van der Waals surface area (Å²) in [7, 11) is 0. The molecule has 0 aromatic carbocycles. The topological polar surface area (TPSA) is 29.9 Å². The molecule has 3 nitrogen and oxygen atoms in total. The largest absolute Gasteiger partial charge is 0.317 e. The van der Waals surface area contributed by atoms with Crippen LogP contribution in [-0.4, -0.2) is 22.9 Å². The molecule has 1 aromatic heterocycles. The molecule has 1 aromatic rings. The van der Waals surface area contributed by atoms with E-state index in [1.807, 2.05) is 6.20 Å². The molecule has 2 heterocycles. The third-order valence-electron chi connectivity index (χ3n) is 3.89. The van der Waals surface area contributed by atoms with Gasteiger partial charge in [0.05, 0.1) is 0 Å². The highest BCUT2D eigenvalue weighted by Gasteiger charge is 2.23. The van der Waals surface area contributed by atoms with Crippen molar-refractivity contribution in [2.24, 2.45) is 11.8 Å². The second-order valence-corrected chi connectivity index (χ2v) is 5.35. The molecule has 2 fully saturated rings. The van der Waals surface area contributed by atoms with Gasteiger partial charge in [-0.25, -0.2) is 0 Å². The van der Waals surface area contributed by atoms with Gasteiger partial charge in [0, 0.05) is 18.4 Å². The van der Waals surface area contributed by atoms with Crippen molar-refractivity contribution in [1.29, 1.82) is 0 Å². The fraction of sp³-hybridized carbons (Fsp3) is 0.769. The Bertz CT molecular complexity index is 335. The van der Waals surface area contributed by atoms with E-state index in [1.54, 1.807) is 0 Å². The first-order valence-corrected chi connectivity index (χ1v) is 6.63. The summed E-state index contributed by atoms with van der Waals surface area (Å²) in [5.41, 5.74) is 1.46. The molecule has 3 heteroatoms. The van der Waals surface area contributed by atoms with Gasteiger partial charge in [-0.15, -0.1) is 0 Å². The van der Waals surface area contributed by atoms with E-state index in [-0.39, 0.29) is 0 Å². The Morgan fingerprint density at radius 3 is 2.75 bits per heavy atom. The van der Waals surface area contributed by atoms with Crippen molar-refractivity contribution in [3.8, 4) is 0 Å². The van der Waals surface area contributed by atoms with Gasteiger partial charge in [-0.3, -0.25) is 4.68 Å². The third kappa shape index (κ3) is 2.46. The van der Waals surface area contributed by atoms with Crippen molar-refractivity contribution >= 4 is 0 Å². The van der Waals surface area contributed by atoms with E-state index >= 15 is 0 Å². The number of nitrogens with one attached hydrogen (secondary N) is 1. The predicted octanol–water partition coefficient (Wildman–Crippen LogP) is 1.84. The van der Waals surface area contributed by atoms with E-state index in [1.165, 1.54) is 50.9 Å². The van der Waals surface area contributed by atoms with E-state index in [0.29, 0.717) is 0 Å². The summed E-state index contributed by atoms with van der Waals surface area (Å²) in [5, 5.41) is 7.89. The summed E-state index contributed by atoms with van der Waals surface area (Å²) < 4.78 is 2.25. The van der Waals surface area contributed by atoms with Crippen molar-refractivity contribution in [3.63, 3.8) is 0 Å². The van der Waals surface area contributed by atoms with Crippen LogP contribution >= 0.6 is 0 Å². The average Bonchev–Trinajstić information content (AvgIpc) is 3.02. The van der Waals surface area contributed by atoms with Crippen LogP contribution in [0.4, 0.5) is 0 Å². The van der Waals surface area contributed by atoms with Gasteiger partial charge in [0.15, 0.2) is 0 Å². The summed E-state index contributed by atoms with van der Waals surface area (Å²) in [5.74, 6) is 1.79. The SMILES string of the molecule is c1cc(CC2CCNCC2)n(CC2CC2)n1. The first-order valence-electron chi connectivity index (χ1n) is 6.63. The molecule has 1 saturated carbocycles. The van der Waals surface area contributed by atoms with Crippen LogP contribution in [0.15, 0.2) is 12.3 Å². The molecule has 0 radical (unpaired) electrons. The molecule has 1 N–H and O–H groups in total. The zero-order chi connectivity index (χ0) is 10.8. The Morgan fingerprint density at radius 1 is 1.19 bits per heavy atom. The van der Waals surface area contributed by atoms with E-state index in [4.69, 9.17) is 0 Å². The van der Waals surface area contributed by atoms with E-state index in [0.717, 1.165) is 18.4 Å². The number of rotatable bonds is 4. The molecule has 0 bridgehead atoms. The summed E-state index contributed by atoms with van der Waals surface area (Å²) in [6.07, 6.45) is 8.68. The fourth-order valence-corrected chi connectivity index (χ4v) is 2.62.